The van der Waals surface area contributed by atoms with E-state index in [1.807, 2.05) is 0 Å². The summed E-state index contributed by atoms with van der Waals surface area (Å²) in [6.07, 6.45) is 0.278. The molecule has 2 amide bonds. The Morgan fingerprint density at radius 2 is 1.69 bits per heavy atom. The Morgan fingerprint density at radius 3 is 2.20 bits per heavy atom. The van der Waals surface area contributed by atoms with Crippen LogP contribution in [0.4, 0.5) is 10.1 Å². The Balaban J connectivity index is 2.52. The molecule has 1 N–H and O–H groups in total. The summed E-state index contributed by atoms with van der Waals surface area (Å²) in [6.45, 7) is 3.19. The van der Waals surface area contributed by atoms with E-state index in [-0.39, 0.29) is 24.6 Å². The average Bonchev–Trinajstić information content (AvgIpc) is 2.79. The summed E-state index contributed by atoms with van der Waals surface area (Å²) in [5, 5.41) is 3.42. The number of carbonyl (C=O) groups is 2. The highest BCUT2D eigenvalue weighted by Crippen LogP contribution is 2.25. The standard InChI is InChI=1S/C23H29Cl2FN4O4S/c1-5-21(23(32)27-6-2)29(14-16-7-8-17(24)13-20(16)25)22(31)15-30(35(33,34)28(3)4)19-11-9-18(26)10-12-19/h7-13,21H,5-6,14-15H2,1-4H3,(H,27,32). The Morgan fingerprint density at radius 1 is 1.06 bits per heavy atom. The number of halogens is 3. The Hall–Kier alpha value is -2.40. The van der Waals surface area contributed by atoms with Gasteiger partial charge in [0.1, 0.15) is 18.4 Å². The van der Waals surface area contributed by atoms with Gasteiger partial charge in [0.25, 0.3) is 0 Å². The van der Waals surface area contributed by atoms with Gasteiger partial charge >= 0.3 is 10.2 Å². The molecule has 35 heavy (non-hydrogen) atoms. The van der Waals surface area contributed by atoms with Crippen LogP contribution in [0.3, 0.4) is 0 Å². The summed E-state index contributed by atoms with van der Waals surface area (Å²) < 4.78 is 41.5. The molecule has 2 aromatic rings. The second-order valence-electron chi connectivity index (χ2n) is 7.85. The molecule has 0 saturated heterocycles. The van der Waals surface area contributed by atoms with Gasteiger partial charge in [-0.3, -0.25) is 9.59 Å². The van der Waals surface area contributed by atoms with Crippen molar-refractivity contribution < 1.29 is 22.4 Å². The van der Waals surface area contributed by atoms with E-state index < -0.39 is 34.5 Å². The molecule has 0 aliphatic heterocycles. The van der Waals surface area contributed by atoms with Crippen LogP contribution in [0.2, 0.25) is 10.0 Å². The molecule has 0 aliphatic rings. The third-order valence-corrected chi connectivity index (χ3v) is 7.63. The number of anilines is 1. The molecular formula is C23H29Cl2FN4O4S. The molecule has 0 saturated carbocycles. The number of amides is 2. The van der Waals surface area contributed by atoms with Crippen molar-refractivity contribution in [2.24, 2.45) is 0 Å². The number of hydrogen-bond acceptors (Lipinski definition) is 4. The van der Waals surface area contributed by atoms with Crippen LogP contribution in [-0.4, -0.2) is 62.7 Å². The monoisotopic (exact) mass is 546 g/mol. The van der Waals surface area contributed by atoms with Gasteiger partial charge in [0.05, 0.1) is 5.69 Å². The fourth-order valence-electron chi connectivity index (χ4n) is 3.37. The summed E-state index contributed by atoms with van der Waals surface area (Å²) >= 11 is 12.3. The molecule has 0 aliphatic carbocycles. The summed E-state index contributed by atoms with van der Waals surface area (Å²) in [6, 6.07) is 8.64. The normalized spacial score (nSPS) is 12.3. The van der Waals surface area contributed by atoms with Crippen LogP contribution in [-0.2, 0) is 26.3 Å². The molecule has 0 fully saturated rings. The Bertz CT molecular complexity index is 1150. The molecule has 192 valence electrons. The van der Waals surface area contributed by atoms with E-state index in [4.69, 9.17) is 23.2 Å². The van der Waals surface area contributed by atoms with Gasteiger partial charge in [-0.1, -0.05) is 36.2 Å². The lowest BCUT2D eigenvalue weighted by Gasteiger charge is -2.34. The van der Waals surface area contributed by atoms with Crippen LogP contribution in [0.5, 0.6) is 0 Å². The highest BCUT2D eigenvalue weighted by Gasteiger charge is 2.33. The second-order valence-corrected chi connectivity index (χ2v) is 10.8. The smallest absolute Gasteiger partial charge is 0.304 e. The van der Waals surface area contributed by atoms with Crippen molar-refractivity contribution in [3.8, 4) is 0 Å². The Kier molecular flexibility index (Phi) is 10.3. The van der Waals surface area contributed by atoms with E-state index in [0.717, 1.165) is 20.7 Å². The first-order valence-corrected chi connectivity index (χ1v) is 13.0. The molecule has 0 radical (unpaired) electrons. The van der Waals surface area contributed by atoms with Crippen LogP contribution in [0.15, 0.2) is 42.5 Å². The molecular weight excluding hydrogens is 518 g/mol. The maximum Gasteiger partial charge on any atom is 0.304 e. The largest absolute Gasteiger partial charge is 0.355 e. The SMILES string of the molecule is CCNC(=O)C(CC)N(Cc1ccc(Cl)cc1Cl)C(=O)CN(c1ccc(F)cc1)S(=O)(=O)N(C)C. The van der Waals surface area contributed by atoms with Crippen molar-refractivity contribution in [3.63, 3.8) is 0 Å². The van der Waals surface area contributed by atoms with Crippen molar-refractivity contribution in [3.05, 3.63) is 63.9 Å². The number of likely N-dealkylation sites (N-methyl/N-ethyl adjacent to an activating group) is 1. The summed E-state index contributed by atoms with van der Waals surface area (Å²) in [7, 11) is -1.48. The van der Waals surface area contributed by atoms with Gasteiger partial charge in [-0.15, -0.1) is 0 Å². The van der Waals surface area contributed by atoms with Crippen molar-refractivity contribution in [2.75, 3.05) is 31.5 Å². The molecule has 2 aromatic carbocycles. The van der Waals surface area contributed by atoms with Gasteiger partial charge in [0, 0.05) is 37.2 Å². The first kappa shape index (κ1) is 28.8. The van der Waals surface area contributed by atoms with Crippen molar-refractivity contribution in [1.82, 2.24) is 14.5 Å². The predicted molar refractivity (Wildman–Crippen MR) is 136 cm³/mol. The van der Waals surface area contributed by atoms with Crippen LogP contribution in [0.1, 0.15) is 25.8 Å². The lowest BCUT2D eigenvalue weighted by atomic mass is 10.1. The molecule has 0 aromatic heterocycles. The van der Waals surface area contributed by atoms with E-state index in [9.17, 15) is 22.4 Å². The van der Waals surface area contributed by atoms with Gasteiger partial charge in [-0.05, 0) is 55.3 Å². The van der Waals surface area contributed by atoms with Crippen LogP contribution < -0.4 is 9.62 Å². The van der Waals surface area contributed by atoms with E-state index >= 15 is 0 Å². The summed E-state index contributed by atoms with van der Waals surface area (Å²) in [5.74, 6) is -1.57. The van der Waals surface area contributed by atoms with Crippen molar-refractivity contribution >= 4 is 50.9 Å². The van der Waals surface area contributed by atoms with Gasteiger partial charge in [-0.2, -0.15) is 12.7 Å². The summed E-state index contributed by atoms with van der Waals surface area (Å²) in [5.41, 5.74) is 0.639. The highest BCUT2D eigenvalue weighted by molar-refractivity contribution is 7.90. The molecule has 0 bridgehead atoms. The number of nitrogens with zero attached hydrogens (tertiary/aromatic N) is 3. The van der Waals surface area contributed by atoms with Crippen LogP contribution in [0, 0.1) is 5.82 Å². The van der Waals surface area contributed by atoms with Gasteiger partial charge in [0.2, 0.25) is 11.8 Å². The first-order chi connectivity index (χ1) is 16.4. The van der Waals surface area contributed by atoms with E-state index in [2.05, 4.69) is 5.32 Å². The minimum atomic E-state index is -4.13. The topological polar surface area (TPSA) is 90.0 Å². The number of hydrogen-bond donors (Lipinski definition) is 1. The predicted octanol–water partition coefficient (Wildman–Crippen LogP) is 3.69. The lowest BCUT2D eigenvalue weighted by molar-refractivity contribution is -0.140. The van der Waals surface area contributed by atoms with Gasteiger partial charge in [0.15, 0.2) is 0 Å². The van der Waals surface area contributed by atoms with Crippen molar-refractivity contribution in [2.45, 2.75) is 32.9 Å². The zero-order valence-electron chi connectivity index (χ0n) is 20.0. The van der Waals surface area contributed by atoms with E-state index in [1.165, 1.54) is 37.2 Å². The first-order valence-electron chi connectivity index (χ1n) is 10.9. The Labute approximate surface area is 215 Å². The average molecular weight is 547 g/mol. The minimum absolute atomic E-state index is 0.0518. The fraction of sp³-hybridized carbons (Fsp3) is 0.391. The zero-order chi connectivity index (χ0) is 26.3. The molecule has 2 rings (SSSR count). The van der Waals surface area contributed by atoms with Gasteiger partial charge in [-0.25, -0.2) is 8.70 Å². The van der Waals surface area contributed by atoms with E-state index in [0.29, 0.717) is 22.2 Å². The molecule has 1 unspecified atom stereocenters. The molecule has 0 heterocycles. The summed E-state index contributed by atoms with van der Waals surface area (Å²) in [4.78, 5) is 27.7. The van der Waals surface area contributed by atoms with Crippen molar-refractivity contribution in [1.29, 1.82) is 0 Å². The third kappa shape index (κ3) is 7.30. The highest BCUT2D eigenvalue weighted by atomic mass is 35.5. The maximum absolute atomic E-state index is 13.6. The second kappa shape index (κ2) is 12.5. The number of benzene rings is 2. The third-order valence-electron chi connectivity index (χ3n) is 5.23. The molecule has 0 spiro atoms. The lowest BCUT2D eigenvalue weighted by Crippen LogP contribution is -2.53. The van der Waals surface area contributed by atoms with E-state index in [1.54, 1.807) is 26.0 Å². The zero-order valence-corrected chi connectivity index (χ0v) is 22.3. The maximum atomic E-state index is 13.6. The molecule has 8 nitrogen and oxygen atoms in total. The van der Waals surface area contributed by atoms with Crippen LogP contribution in [0.25, 0.3) is 0 Å². The van der Waals surface area contributed by atoms with Gasteiger partial charge < -0.3 is 10.2 Å². The molecule has 12 heteroatoms. The number of carbonyl (C=O) groups excluding carboxylic acids is 2. The number of rotatable bonds is 11. The van der Waals surface area contributed by atoms with Crippen LogP contribution >= 0.6 is 23.2 Å². The molecule has 1 atom stereocenters. The fourth-order valence-corrected chi connectivity index (χ4v) is 4.89. The quantitative estimate of drug-likeness (QED) is 0.465. The number of nitrogens with one attached hydrogen (secondary N) is 1. The minimum Gasteiger partial charge on any atom is -0.355 e.